The standard InChI is InChI=1S/C26H29N5O5/c1-14-11-12-15(2)18(13-14)29-24(34)22(32)19(21(25(35)36-6)30-31-26(3,4)5)20-23(33)28-17-10-8-7-9-16(17)27-20/h7-13,19,31H,1-6H3,(H,28,33)(H,29,34)/b30-21-. The summed E-state index contributed by atoms with van der Waals surface area (Å²) in [6.45, 7) is 8.99. The summed E-state index contributed by atoms with van der Waals surface area (Å²) in [5, 5.41) is 6.69. The van der Waals surface area contributed by atoms with Gasteiger partial charge >= 0.3 is 5.97 Å². The van der Waals surface area contributed by atoms with Crippen LogP contribution in [0.5, 0.6) is 0 Å². The molecule has 1 heterocycles. The predicted octanol–water partition coefficient (Wildman–Crippen LogP) is 2.75. The van der Waals surface area contributed by atoms with Gasteiger partial charge in [0.1, 0.15) is 11.6 Å². The third-order valence-electron chi connectivity index (χ3n) is 5.21. The van der Waals surface area contributed by atoms with E-state index in [1.165, 1.54) is 0 Å². The zero-order valence-corrected chi connectivity index (χ0v) is 21.1. The number of rotatable bonds is 7. The maximum Gasteiger partial charge on any atom is 0.355 e. The molecule has 0 spiro atoms. The number of para-hydroxylation sites is 2. The molecule has 2 aromatic carbocycles. The number of methoxy groups -OCH3 is 1. The topological polar surface area (TPSA) is 143 Å². The van der Waals surface area contributed by atoms with Crippen LogP contribution < -0.4 is 16.3 Å². The highest BCUT2D eigenvalue weighted by atomic mass is 16.5. The number of aromatic nitrogens is 2. The number of carbonyl (C=O) groups is 3. The molecule has 10 nitrogen and oxygen atoms in total. The number of aromatic amines is 1. The number of hydrogen-bond acceptors (Lipinski definition) is 8. The van der Waals surface area contributed by atoms with E-state index in [1.54, 1.807) is 64.1 Å². The number of amides is 1. The number of nitrogens with one attached hydrogen (secondary N) is 3. The van der Waals surface area contributed by atoms with Gasteiger partial charge in [0.15, 0.2) is 5.71 Å². The number of hydrazone groups is 1. The molecule has 3 aromatic rings. The van der Waals surface area contributed by atoms with Crippen molar-refractivity contribution in [2.24, 2.45) is 5.10 Å². The Morgan fingerprint density at radius 3 is 2.44 bits per heavy atom. The Morgan fingerprint density at radius 2 is 1.78 bits per heavy atom. The fourth-order valence-corrected chi connectivity index (χ4v) is 3.36. The predicted molar refractivity (Wildman–Crippen MR) is 137 cm³/mol. The van der Waals surface area contributed by atoms with Crippen molar-refractivity contribution in [3.8, 4) is 0 Å². The first kappa shape index (κ1) is 26.3. The molecule has 36 heavy (non-hydrogen) atoms. The summed E-state index contributed by atoms with van der Waals surface area (Å²) in [7, 11) is 1.12. The lowest BCUT2D eigenvalue weighted by Gasteiger charge is -2.21. The summed E-state index contributed by atoms with van der Waals surface area (Å²) < 4.78 is 4.86. The lowest BCUT2D eigenvalue weighted by molar-refractivity contribution is -0.136. The molecule has 0 aliphatic heterocycles. The number of ketones is 1. The largest absolute Gasteiger partial charge is 0.464 e. The summed E-state index contributed by atoms with van der Waals surface area (Å²) >= 11 is 0. The van der Waals surface area contributed by atoms with Crippen molar-refractivity contribution in [3.05, 3.63) is 69.6 Å². The molecule has 3 rings (SSSR count). The fourth-order valence-electron chi connectivity index (χ4n) is 3.36. The molecule has 188 valence electrons. The summed E-state index contributed by atoms with van der Waals surface area (Å²) in [6, 6.07) is 12.1. The van der Waals surface area contributed by atoms with Crippen LogP contribution in [0, 0.1) is 13.8 Å². The molecule has 1 aromatic heterocycles. The molecule has 0 fully saturated rings. The number of nitrogens with zero attached hydrogens (tertiary/aromatic N) is 2. The number of fused-ring (bicyclic) bond motifs is 1. The van der Waals surface area contributed by atoms with E-state index in [9.17, 15) is 19.2 Å². The molecule has 0 aliphatic rings. The van der Waals surface area contributed by atoms with E-state index < -0.39 is 40.4 Å². The second-order valence-electron chi connectivity index (χ2n) is 9.39. The SMILES string of the molecule is COC(=O)/C(=N\NC(C)(C)C)C(C(=O)C(=O)Nc1cc(C)ccc1C)c1nc2ccccc2[nH]c1=O. The molecule has 0 bridgehead atoms. The molecule has 10 heteroatoms. The van der Waals surface area contributed by atoms with Gasteiger partial charge in [0.25, 0.3) is 11.5 Å². The Bertz CT molecular complexity index is 1420. The minimum Gasteiger partial charge on any atom is -0.464 e. The molecule has 0 saturated carbocycles. The van der Waals surface area contributed by atoms with Gasteiger partial charge < -0.3 is 20.5 Å². The molecular weight excluding hydrogens is 462 g/mol. The quantitative estimate of drug-likeness (QED) is 0.200. The van der Waals surface area contributed by atoms with E-state index in [4.69, 9.17) is 4.74 Å². The monoisotopic (exact) mass is 491 g/mol. The van der Waals surface area contributed by atoms with Crippen LogP contribution in [0.25, 0.3) is 11.0 Å². The van der Waals surface area contributed by atoms with Gasteiger partial charge in [0.2, 0.25) is 5.78 Å². The van der Waals surface area contributed by atoms with E-state index in [1.807, 2.05) is 13.0 Å². The van der Waals surface area contributed by atoms with Crippen molar-refractivity contribution in [3.63, 3.8) is 0 Å². The normalized spacial score (nSPS) is 12.7. The van der Waals surface area contributed by atoms with Crippen LogP contribution in [-0.4, -0.2) is 46.0 Å². The van der Waals surface area contributed by atoms with E-state index in [2.05, 4.69) is 25.8 Å². The van der Waals surface area contributed by atoms with Crippen LogP contribution in [0.15, 0.2) is 52.4 Å². The van der Waals surface area contributed by atoms with Gasteiger partial charge in [-0.3, -0.25) is 14.4 Å². The minimum absolute atomic E-state index is 0.352. The zero-order chi connectivity index (χ0) is 26.6. The van der Waals surface area contributed by atoms with E-state index in [0.717, 1.165) is 18.2 Å². The smallest absolute Gasteiger partial charge is 0.355 e. The van der Waals surface area contributed by atoms with Gasteiger partial charge in [-0.05, 0) is 63.9 Å². The van der Waals surface area contributed by atoms with Crippen molar-refractivity contribution in [2.45, 2.75) is 46.1 Å². The third kappa shape index (κ3) is 6.01. The van der Waals surface area contributed by atoms with Crippen LogP contribution in [0.4, 0.5) is 5.69 Å². The molecule has 0 aliphatic carbocycles. The summed E-state index contributed by atoms with van der Waals surface area (Å²) in [5.41, 5.74) is 3.44. The number of Topliss-reactive ketones (excluding diaryl/α,β-unsaturated/α-hetero) is 1. The van der Waals surface area contributed by atoms with Crippen LogP contribution in [0.2, 0.25) is 0 Å². The maximum atomic E-state index is 13.6. The number of ether oxygens (including phenoxy) is 1. The first-order chi connectivity index (χ1) is 16.9. The van der Waals surface area contributed by atoms with Crippen molar-refractivity contribution < 1.29 is 19.1 Å². The summed E-state index contributed by atoms with van der Waals surface area (Å²) in [4.78, 5) is 59.6. The fraction of sp³-hybridized carbons (Fsp3) is 0.308. The summed E-state index contributed by atoms with van der Waals surface area (Å²) in [5.74, 6) is -4.84. The van der Waals surface area contributed by atoms with Crippen molar-refractivity contribution in [2.75, 3.05) is 12.4 Å². The van der Waals surface area contributed by atoms with E-state index in [-0.39, 0.29) is 5.69 Å². The van der Waals surface area contributed by atoms with Gasteiger partial charge in [-0.2, -0.15) is 5.10 Å². The number of benzene rings is 2. The van der Waals surface area contributed by atoms with Crippen molar-refractivity contribution >= 4 is 40.1 Å². The number of anilines is 1. The first-order valence-corrected chi connectivity index (χ1v) is 11.3. The highest BCUT2D eigenvalue weighted by molar-refractivity contribution is 6.53. The number of H-pyrrole nitrogens is 1. The third-order valence-corrected chi connectivity index (χ3v) is 5.21. The van der Waals surface area contributed by atoms with Crippen molar-refractivity contribution in [1.82, 2.24) is 15.4 Å². The first-order valence-electron chi connectivity index (χ1n) is 11.3. The van der Waals surface area contributed by atoms with Crippen LogP contribution in [0.1, 0.15) is 43.5 Å². The highest BCUT2D eigenvalue weighted by Gasteiger charge is 2.39. The maximum absolute atomic E-state index is 13.6. The van der Waals surface area contributed by atoms with Crippen molar-refractivity contribution in [1.29, 1.82) is 0 Å². The molecule has 1 unspecified atom stereocenters. The number of aryl methyl sites for hydroxylation is 2. The average molecular weight is 492 g/mol. The highest BCUT2D eigenvalue weighted by Crippen LogP contribution is 2.21. The molecule has 1 amide bonds. The number of hydrogen-bond donors (Lipinski definition) is 3. The molecule has 3 N–H and O–H groups in total. The van der Waals surface area contributed by atoms with Gasteiger partial charge in [0, 0.05) is 11.2 Å². The Morgan fingerprint density at radius 1 is 1.08 bits per heavy atom. The van der Waals surface area contributed by atoms with Gasteiger partial charge in [-0.25, -0.2) is 9.78 Å². The Balaban J connectivity index is 2.18. The van der Waals surface area contributed by atoms with Crippen LogP contribution >= 0.6 is 0 Å². The molecule has 0 radical (unpaired) electrons. The van der Waals surface area contributed by atoms with E-state index >= 15 is 0 Å². The molecule has 0 saturated heterocycles. The van der Waals surface area contributed by atoms with E-state index in [0.29, 0.717) is 16.7 Å². The summed E-state index contributed by atoms with van der Waals surface area (Å²) in [6.07, 6.45) is 0. The van der Waals surface area contributed by atoms with Gasteiger partial charge in [-0.1, -0.05) is 24.3 Å². The second-order valence-corrected chi connectivity index (χ2v) is 9.39. The minimum atomic E-state index is -1.73. The Hall–Kier alpha value is -4.34. The number of carbonyl (C=O) groups excluding carboxylic acids is 3. The van der Waals surface area contributed by atoms with Gasteiger partial charge in [0.05, 0.1) is 18.1 Å². The molecule has 1 atom stereocenters. The molecular formula is C26H29N5O5. The zero-order valence-electron chi connectivity index (χ0n) is 21.1. The second kappa shape index (κ2) is 10.5. The van der Waals surface area contributed by atoms with Crippen LogP contribution in [-0.2, 0) is 19.1 Å². The number of esters is 1. The van der Waals surface area contributed by atoms with Crippen LogP contribution in [0.3, 0.4) is 0 Å². The van der Waals surface area contributed by atoms with Gasteiger partial charge in [-0.15, -0.1) is 0 Å². The lowest BCUT2D eigenvalue weighted by atomic mass is 9.93. The average Bonchev–Trinajstić information content (AvgIpc) is 2.82. The Labute approximate surface area is 208 Å². The lowest BCUT2D eigenvalue weighted by Crippen LogP contribution is -2.42. The Kier molecular flexibility index (Phi) is 7.67.